The van der Waals surface area contributed by atoms with E-state index >= 15 is 0 Å². The molecule has 0 atom stereocenters. The topological polar surface area (TPSA) is 192 Å². The quantitative estimate of drug-likeness (QED) is 0.224. The number of hydrogen-bond donors (Lipinski definition) is 0. The Bertz CT molecular complexity index is 1480. The summed E-state index contributed by atoms with van der Waals surface area (Å²) in [6, 6.07) is 11.6. The molecule has 16 nitrogen and oxygen atoms in total. The monoisotopic (exact) mass is 680 g/mol. The number of carbonyl (C=O) groups excluding carboxylic acids is 2. The van der Waals surface area contributed by atoms with Gasteiger partial charge in [-0.3, -0.25) is 17.3 Å². The van der Waals surface area contributed by atoms with Crippen molar-refractivity contribution in [2.24, 2.45) is 0 Å². The van der Waals surface area contributed by atoms with Crippen LogP contribution in [0.1, 0.15) is 11.1 Å². The number of quaternary nitrogens is 2. The lowest BCUT2D eigenvalue weighted by molar-refractivity contribution is 0.171. The van der Waals surface area contributed by atoms with Gasteiger partial charge in [0.05, 0.1) is 56.5 Å². The molecule has 0 unspecified atom stereocenters. The molecule has 0 saturated heterocycles. The van der Waals surface area contributed by atoms with E-state index in [-0.39, 0.29) is 0 Å². The summed E-state index contributed by atoms with van der Waals surface area (Å²) in [5.74, 6) is 1.02. The molecule has 0 fully saturated rings. The number of benzene rings is 2. The molecule has 2 amide bonds. The van der Waals surface area contributed by atoms with Crippen molar-refractivity contribution < 1.29 is 53.4 Å². The van der Waals surface area contributed by atoms with Crippen LogP contribution in [-0.2, 0) is 35.6 Å². The number of nitrogens with zero attached hydrogens (tertiary/aromatic N) is 4. The smallest absolute Gasteiger partial charge is 0.414 e. The van der Waals surface area contributed by atoms with Crippen LogP contribution in [0.15, 0.2) is 36.4 Å². The Morgan fingerprint density at radius 3 is 1.49 bits per heavy atom. The molecular weight excluding hydrogens is 636 g/mol. The van der Waals surface area contributed by atoms with Gasteiger partial charge >= 0.3 is 12.2 Å². The van der Waals surface area contributed by atoms with Crippen LogP contribution >= 0.6 is 0 Å². The highest BCUT2D eigenvalue weighted by Gasteiger charge is 2.23. The molecule has 0 N–H and O–H groups in total. The first-order chi connectivity index (χ1) is 20.2. The number of carbonyl (C=O) groups is 2. The Kier molecular flexibility index (Phi) is 15.6. The van der Waals surface area contributed by atoms with Crippen molar-refractivity contribution in [3.8, 4) is 11.5 Å². The molecule has 2 aromatic rings. The highest BCUT2D eigenvalue weighted by Crippen LogP contribution is 2.34. The van der Waals surface area contributed by atoms with Crippen LogP contribution in [0.25, 0.3) is 0 Å². The zero-order chi connectivity index (χ0) is 35.6. The lowest BCUT2D eigenvalue weighted by Gasteiger charge is -2.27. The third-order valence-electron chi connectivity index (χ3n) is 5.53. The van der Waals surface area contributed by atoms with Gasteiger partial charge in [-0.15, -0.1) is 0 Å². The van der Waals surface area contributed by atoms with Crippen molar-refractivity contribution in [2.45, 2.75) is 6.42 Å². The largest absolute Gasteiger partial charge is 0.726 e. The van der Waals surface area contributed by atoms with Crippen molar-refractivity contribution in [2.75, 3.05) is 84.7 Å². The van der Waals surface area contributed by atoms with Gasteiger partial charge in [-0.2, -0.15) is 0 Å². The summed E-state index contributed by atoms with van der Waals surface area (Å²) in [7, 11) is 11.8. The Morgan fingerprint density at radius 2 is 1.11 bits per heavy atom. The zero-order valence-corrected chi connectivity index (χ0v) is 29.3. The van der Waals surface area contributed by atoms with E-state index in [1.54, 1.807) is 34.3 Å². The van der Waals surface area contributed by atoms with Gasteiger partial charge in [0, 0.05) is 57.9 Å². The van der Waals surface area contributed by atoms with E-state index in [4.69, 9.17) is 9.47 Å². The molecule has 2 aromatic carbocycles. The zero-order valence-electron chi connectivity index (χ0n) is 27.7. The maximum Gasteiger partial charge on any atom is 0.414 e. The molecular formula is C27H44N4O12S2. The second kappa shape index (κ2) is 16.8. The number of amides is 2. The Labute approximate surface area is 266 Å². The Balaban J connectivity index is 0.00000136. The van der Waals surface area contributed by atoms with E-state index in [1.807, 2.05) is 24.3 Å². The maximum absolute atomic E-state index is 12.3. The van der Waals surface area contributed by atoms with E-state index in [0.717, 1.165) is 36.7 Å². The second-order valence-electron chi connectivity index (χ2n) is 11.5. The van der Waals surface area contributed by atoms with Crippen LogP contribution in [0.3, 0.4) is 0 Å². The average Bonchev–Trinajstić information content (AvgIpc) is 2.89. The van der Waals surface area contributed by atoms with Crippen LogP contribution < -0.4 is 18.4 Å². The fourth-order valence-corrected chi connectivity index (χ4v) is 3.17. The summed E-state index contributed by atoms with van der Waals surface area (Å²) in [4.78, 5) is 27.2. The van der Waals surface area contributed by atoms with E-state index in [1.165, 1.54) is 9.80 Å². The van der Waals surface area contributed by atoms with Crippen molar-refractivity contribution >= 4 is 44.4 Å². The van der Waals surface area contributed by atoms with Gasteiger partial charge in [0.1, 0.15) is 22.9 Å². The predicted octanol–water partition coefficient (Wildman–Crippen LogP) is 1.98. The SMILES string of the molecule is CN(C)C(=O)Oc1ccc(Cc2ccc([N+](C)(C)C)cc2OC(=O)N(C)C)c([N+](C)(C)C)c1.COS(=O)(=O)[O-].COS(=O)(=O)[O-]. The normalized spacial score (nSPS) is 11.7. The van der Waals surface area contributed by atoms with Crippen molar-refractivity contribution in [1.82, 2.24) is 18.8 Å². The molecule has 0 saturated carbocycles. The fraction of sp³-hybridized carbons (Fsp3) is 0.481. The average molecular weight is 681 g/mol. The molecule has 0 radical (unpaired) electrons. The van der Waals surface area contributed by atoms with Crippen LogP contribution in [0, 0.1) is 0 Å². The molecule has 0 heterocycles. The molecule has 0 spiro atoms. The fourth-order valence-electron chi connectivity index (χ4n) is 3.17. The Hall–Kier alpha value is -3.36. The van der Waals surface area contributed by atoms with Crippen molar-refractivity contribution in [3.05, 3.63) is 47.5 Å². The van der Waals surface area contributed by atoms with Gasteiger partial charge in [0.25, 0.3) is 0 Å². The van der Waals surface area contributed by atoms with Crippen molar-refractivity contribution in [3.63, 3.8) is 0 Å². The third kappa shape index (κ3) is 16.5. The van der Waals surface area contributed by atoms with Crippen molar-refractivity contribution in [1.29, 1.82) is 0 Å². The van der Waals surface area contributed by atoms with Gasteiger partial charge in [-0.05, 0) is 24.3 Å². The minimum Gasteiger partial charge on any atom is -0.726 e. The highest BCUT2D eigenvalue weighted by atomic mass is 32.3. The molecule has 0 aliphatic heterocycles. The molecule has 45 heavy (non-hydrogen) atoms. The first kappa shape index (κ1) is 41.6. The molecule has 256 valence electrons. The molecule has 0 bridgehead atoms. The molecule has 18 heteroatoms. The number of ether oxygens (including phenoxy) is 2. The molecule has 2 rings (SSSR count). The summed E-state index contributed by atoms with van der Waals surface area (Å²) >= 11 is 0. The first-order valence-electron chi connectivity index (χ1n) is 12.9. The standard InChI is InChI=1S/C25H38N4O4.2CH4O4S/c1-26(2)24(30)32-21-14-12-18(22(17-21)29(8,9)10)15-19-11-13-20(28(5,6)7)16-23(19)33-25(31)27(3)4;2*1-5-6(2,3)4/h11-14,16-17H,15H2,1-10H3;2*1H3,(H,2,3,4)/q+2;;/p-2. The molecule has 0 aliphatic rings. The summed E-state index contributed by atoms with van der Waals surface area (Å²) in [5, 5.41) is 0. The van der Waals surface area contributed by atoms with Crippen LogP contribution in [0.2, 0.25) is 0 Å². The van der Waals surface area contributed by atoms with Gasteiger partial charge in [0.2, 0.25) is 20.8 Å². The number of hydrogen-bond acceptors (Lipinski definition) is 12. The van der Waals surface area contributed by atoms with Gasteiger partial charge in [-0.1, -0.05) is 0 Å². The summed E-state index contributed by atoms with van der Waals surface area (Å²) < 4.78 is 74.4. The van der Waals surface area contributed by atoms with Crippen LogP contribution in [-0.4, -0.2) is 133 Å². The summed E-state index contributed by atoms with van der Waals surface area (Å²) in [5.41, 5.74) is 3.97. The van der Waals surface area contributed by atoms with Gasteiger partial charge in [-0.25, -0.2) is 26.4 Å². The third-order valence-corrected chi connectivity index (χ3v) is 6.34. The lowest BCUT2D eigenvalue weighted by atomic mass is 10.00. The predicted molar refractivity (Wildman–Crippen MR) is 168 cm³/mol. The lowest BCUT2D eigenvalue weighted by Crippen LogP contribution is -2.36. The summed E-state index contributed by atoms with van der Waals surface area (Å²) in [6.07, 6.45) is -0.295. The van der Waals surface area contributed by atoms with E-state index in [0.29, 0.717) is 26.9 Å². The highest BCUT2D eigenvalue weighted by molar-refractivity contribution is 7.81. The van der Waals surface area contributed by atoms with Gasteiger partial charge < -0.3 is 28.4 Å². The van der Waals surface area contributed by atoms with Crippen LogP contribution in [0.4, 0.5) is 21.0 Å². The maximum atomic E-state index is 12.3. The van der Waals surface area contributed by atoms with Crippen LogP contribution in [0.5, 0.6) is 11.5 Å². The van der Waals surface area contributed by atoms with Gasteiger partial charge in [0.15, 0.2) is 0 Å². The molecule has 0 aliphatic carbocycles. The minimum atomic E-state index is -4.41. The second-order valence-corrected chi connectivity index (χ2v) is 13.8. The van der Waals surface area contributed by atoms with E-state index in [9.17, 15) is 35.5 Å². The van der Waals surface area contributed by atoms with E-state index < -0.39 is 33.0 Å². The Morgan fingerprint density at radius 1 is 0.689 bits per heavy atom. The summed E-state index contributed by atoms with van der Waals surface area (Å²) in [6.45, 7) is 0. The first-order valence-corrected chi connectivity index (χ1v) is 15.6. The minimum absolute atomic E-state index is 0.424. The molecule has 0 aromatic heterocycles. The number of rotatable bonds is 8. The van der Waals surface area contributed by atoms with E-state index in [2.05, 4.69) is 56.7 Å².